The maximum Gasteiger partial charge on any atom is 0.318 e. The van der Waals surface area contributed by atoms with Crippen LogP contribution < -0.4 is 10.6 Å². The highest BCUT2D eigenvalue weighted by molar-refractivity contribution is 5.85. The van der Waals surface area contributed by atoms with Crippen molar-refractivity contribution >= 4 is 36.8 Å². The summed E-state index contributed by atoms with van der Waals surface area (Å²) >= 11 is 0. The van der Waals surface area contributed by atoms with Gasteiger partial charge in [-0.1, -0.05) is 30.3 Å². The number of likely N-dealkylation sites (tertiary alicyclic amines) is 1. The average molecular weight is 530 g/mol. The third kappa shape index (κ3) is 8.24. The molecule has 1 saturated carbocycles. The first-order chi connectivity index (χ1) is 16.1. The predicted octanol–water partition coefficient (Wildman–Crippen LogP) is 3.99. The first-order valence-electron chi connectivity index (χ1n) is 12.8. The number of carbonyl (C=O) groups excluding carboxylic acids is 2. The smallest absolute Gasteiger partial charge is 0.318 e. The van der Waals surface area contributed by atoms with Gasteiger partial charge in [-0.25, -0.2) is 4.79 Å². The van der Waals surface area contributed by atoms with Crippen molar-refractivity contribution in [2.75, 3.05) is 33.3 Å². The van der Waals surface area contributed by atoms with Crippen LogP contribution in [-0.2, 0) is 16.1 Å². The molecule has 0 radical (unpaired) electrons. The van der Waals surface area contributed by atoms with Crippen molar-refractivity contribution in [3.63, 3.8) is 0 Å². The molecule has 0 aromatic heterocycles. The molecule has 3 fully saturated rings. The van der Waals surface area contributed by atoms with E-state index in [-0.39, 0.29) is 54.8 Å². The fourth-order valence-electron chi connectivity index (χ4n) is 5.78. The van der Waals surface area contributed by atoms with Gasteiger partial charge in [-0.05, 0) is 70.0 Å². The molecule has 198 valence electrons. The molecule has 1 aliphatic carbocycles. The van der Waals surface area contributed by atoms with Gasteiger partial charge < -0.3 is 25.2 Å². The number of nitrogens with zero attached hydrogens (tertiary/aromatic N) is 2. The quantitative estimate of drug-likeness (QED) is 0.546. The van der Waals surface area contributed by atoms with E-state index in [2.05, 4.69) is 32.6 Å². The Morgan fingerprint density at radius 3 is 2.20 bits per heavy atom. The molecule has 0 atom stereocenters. The second-order valence-electron chi connectivity index (χ2n) is 9.88. The number of urea groups is 1. The number of piperidine rings is 2. The van der Waals surface area contributed by atoms with Gasteiger partial charge in [-0.2, -0.15) is 0 Å². The number of hydrogen-bond donors (Lipinski definition) is 2. The SMILES string of the molecule is COC(=O)C1CCC(NC(=O)N(Cc2ccccc2)C2CCN(C3CCNCC3)CC2)CC1.Cl.Cl. The van der Waals surface area contributed by atoms with Gasteiger partial charge in [0.1, 0.15) is 0 Å². The number of amides is 2. The Labute approximate surface area is 222 Å². The summed E-state index contributed by atoms with van der Waals surface area (Å²) in [6.45, 7) is 5.01. The molecule has 2 N–H and O–H groups in total. The van der Waals surface area contributed by atoms with Crippen molar-refractivity contribution in [2.45, 2.75) is 76.0 Å². The number of nitrogens with one attached hydrogen (secondary N) is 2. The lowest BCUT2D eigenvalue weighted by molar-refractivity contribution is -0.146. The van der Waals surface area contributed by atoms with Crippen molar-refractivity contribution in [1.82, 2.24) is 20.4 Å². The summed E-state index contributed by atoms with van der Waals surface area (Å²) in [5.41, 5.74) is 1.17. The highest BCUT2D eigenvalue weighted by Gasteiger charge is 2.33. The molecule has 1 aromatic carbocycles. The molecule has 0 unspecified atom stereocenters. The van der Waals surface area contributed by atoms with E-state index in [1.165, 1.54) is 25.5 Å². The normalized spacial score (nSPS) is 23.9. The van der Waals surface area contributed by atoms with Gasteiger partial charge >= 0.3 is 12.0 Å². The summed E-state index contributed by atoms with van der Waals surface area (Å²) in [6.07, 6.45) is 7.74. The second-order valence-corrected chi connectivity index (χ2v) is 9.88. The summed E-state index contributed by atoms with van der Waals surface area (Å²) in [4.78, 5) is 30.0. The summed E-state index contributed by atoms with van der Waals surface area (Å²) < 4.78 is 4.90. The van der Waals surface area contributed by atoms with E-state index in [1.54, 1.807) is 0 Å². The summed E-state index contributed by atoms with van der Waals surface area (Å²) in [5, 5.41) is 6.76. The van der Waals surface area contributed by atoms with Gasteiger partial charge in [0, 0.05) is 37.8 Å². The van der Waals surface area contributed by atoms with E-state index in [0.717, 1.165) is 64.7 Å². The van der Waals surface area contributed by atoms with Crippen LogP contribution in [0.3, 0.4) is 0 Å². The first kappa shape index (κ1) is 29.7. The second kappa shape index (κ2) is 14.9. The fourth-order valence-corrected chi connectivity index (χ4v) is 5.78. The average Bonchev–Trinajstić information content (AvgIpc) is 2.88. The minimum atomic E-state index is -0.119. The molecule has 0 spiro atoms. The fraction of sp³-hybridized carbons (Fsp3) is 0.692. The number of methoxy groups -OCH3 is 1. The van der Waals surface area contributed by atoms with Crippen LogP contribution >= 0.6 is 24.8 Å². The molecule has 2 saturated heterocycles. The maximum absolute atomic E-state index is 13.5. The van der Waals surface area contributed by atoms with E-state index in [9.17, 15) is 9.59 Å². The van der Waals surface area contributed by atoms with Gasteiger partial charge in [0.15, 0.2) is 0 Å². The molecule has 1 aromatic rings. The highest BCUT2D eigenvalue weighted by atomic mass is 35.5. The highest BCUT2D eigenvalue weighted by Crippen LogP contribution is 2.27. The zero-order valence-electron chi connectivity index (χ0n) is 20.8. The van der Waals surface area contributed by atoms with Crippen LogP contribution in [0.15, 0.2) is 30.3 Å². The summed E-state index contributed by atoms with van der Waals surface area (Å²) in [6, 6.07) is 11.4. The van der Waals surface area contributed by atoms with Gasteiger partial charge in [0.25, 0.3) is 0 Å². The van der Waals surface area contributed by atoms with Crippen LogP contribution in [0.25, 0.3) is 0 Å². The van der Waals surface area contributed by atoms with E-state index >= 15 is 0 Å². The number of carbonyl (C=O) groups is 2. The summed E-state index contributed by atoms with van der Waals surface area (Å²) in [7, 11) is 1.45. The standard InChI is InChI=1S/C26H40N4O3.2ClH/c1-33-25(31)21-7-9-22(10-8-21)28-26(32)30(19-20-5-3-2-4-6-20)24-13-17-29(18-14-24)23-11-15-27-16-12-23;;/h2-6,21-24,27H,7-19H2,1H3,(H,28,32);2*1H. The van der Waals surface area contributed by atoms with E-state index in [1.807, 2.05) is 18.2 Å². The Bertz CT molecular complexity index is 763. The lowest BCUT2D eigenvalue weighted by Crippen LogP contribution is -2.54. The molecule has 2 amide bonds. The van der Waals surface area contributed by atoms with Crippen LogP contribution in [0.4, 0.5) is 4.79 Å². The molecular weight excluding hydrogens is 487 g/mol. The van der Waals surface area contributed by atoms with Crippen molar-refractivity contribution in [3.05, 3.63) is 35.9 Å². The first-order valence-corrected chi connectivity index (χ1v) is 12.8. The Balaban J connectivity index is 0.00000216. The third-order valence-electron chi connectivity index (χ3n) is 7.81. The van der Waals surface area contributed by atoms with Crippen molar-refractivity contribution in [3.8, 4) is 0 Å². The molecule has 3 aliphatic rings. The molecule has 7 nitrogen and oxygen atoms in total. The van der Waals surface area contributed by atoms with E-state index in [0.29, 0.717) is 12.6 Å². The van der Waals surface area contributed by atoms with Crippen LogP contribution in [0.5, 0.6) is 0 Å². The van der Waals surface area contributed by atoms with Crippen molar-refractivity contribution < 1.29 is 14.3 Å². The molecular formula is C26H42Cl2N4O3. The maximum atomic E-state index is 13.5. The number of hydrogen-bond acceptors (Lipinski definition) is 5. The number of ether oxygens (including phenoxy) is 1. The van der Waals surface area contributed by atoms with Crippen LogP contribution in [0.2, 0.25) is 0 Å². The third-order valence-corrected chi connectivity index (χ3v) is 7.81. The minimum absolute atomic E-state index is 0. The lowest BCUT2D eigenvalue weighted by Gasteiger charge is -2.43. The van der Waals surface area contributed by atoms with Gasteiger partial charge in [0.2, 0.25) is 0 Å². The predicted molar refractivity (Wildman–Crippen MR) is 143 cm³/mol. The Morgan fingerprint density at radius 2 is 1.60 bits per heavy atom. The Hall–Kier alpha value is -1.54. The summed E-state index contributed by atoms with van der Waals surface area (Å²) in [5.74, 6) is -0.145. The van der Waals surface area contributed by atoms with E-state index in [4.69, 9.17) is 4.74 Å². The van der Waals surface area contributed by atoms with Crippen LogP contribution in [0.1, 0.15) is 56.9 Å². The van der Waals surface area contributed by atoms with Crippen LogP contribution in [0, 0.1) is 5.92 Å². The Kier molecular flexibility index (Phi) is 12.6. The van der Waals surface area contributed by atoms with E-state index < -0.39 is 0 Å². The number of rotatable bonds is 6. The monoisotopic (exact) mass is 528 g/mol. The topological polar surface area (TPSA) is 73.9 Å². The largest absolute Gasteiger partial charge is 0.469 e. The number of esters is 1. The molecule has 2 aliphatic heterocycles. The number of benzene rings is 1. The molecule has 35 heavy (non-hydrogen) atoms. The lowest BCUT2D eigenvalue weighted by atomic mass is 9.86. The van der Waals surface area contributed by atoms with Crippen LogP contribution in [-0.4, -0.2) is 73.2 Å². The van der Waals surface area contributed by atoms with Crippen molar-refractivity contribution in [1.29, 1.82) is 0 Å². The minimum Gasteiger partial charge on any atom is -0.469 e. The van der Waals surface area contributed by atoms with Gasteiger partial charge in [-0.3, -0.25) is 4.79 Å². The molecule has 2 heterocycles. The molecule has 9 heteroatoms. The van der Waals surface area contributed by atoms with Gasteiger partial charge in [-0.15, -0.1) is 24.8 Å². The molecule has 0 bridgehead atoms. The number of halogens is 2. The zero-order valence-corrected chi connectivity index (χ0v) is 22.5. The zero-order chi connectivity index (χ0) is 23.0. The molecule has 4 rings (SSSR count). The van der Waals surface area contributed by atoms with Gasteiger partial charge in [0.05, 0.1) is 13.0 Å². The van der Waals surface area contributed by atoms with Crippen molar-refractivity contribution in [2.24, 2.45) is 5.92 Å². The Morgan fingerprint density at radius 1 is 0.971 bits per heavy atom.